The standard InChI is InChI=1S/C25H22FN3OS/c26-22-9-7-19(8-10-22)23-17-31-24(27-23)16-28-11-13-29(14-12-28)25(30)21-6-5-18-3-1-2-4-20(18)15-21/h1-10,15,17H,11-14,16H2. The van der Waals surface area contributed by atoms with Crippen molar-refractivity contribution in [2.75, 3.05) is 26.2 Å². The monoisotopic (exact) mass is 431 g/mol. The Kier molecular flexibility index (Phi) is 5.49. The van der Waals surface area contributed by atoms with E-state index in [0.717, 1.165) is 52.2 Å². The summed E-state index contributed by atoms with van der Waals surface area (Å²) in [5.41, 5.74) is 2.55. The zero-order valence-electron chi connectivity index (χ0n) is 17.0. The minimum absolute atomic E-state index is 0.0956. The van der Waals surface area contributed by atoms with Crippen LogP contribution in [0.3, 0.4) is 0 Å². The SMILES string of the molecule is O=C(c1ccc2ccccc2c1)N1CCN(Cc2nc(-c3ccc(F)cc3)cs2)CC1. The molecule has 0 aliphatic carbocycles. The topological polar surface area (TPSA) is 36.4 Å². The summed E-state index contributed by atoms with van der Waals surface area (Å²) < 4.78 is 13.1. The minimum atomic E-state index is -0.240. The van der Waals surface area contributed by atoms with Gasteiger partial charge in [-0.1, -0.05) is 30.3 Å². The molecular weight excluding hydrogens is 409 g/mol. The second kappa shape index (κ2) is 8.57. The van der Waals surface area contributed by atoms with E-state index in [2.05, 4.69) is 11.0 Å². The Hall–Kier alpha value is -3.09. The van der Waals surface area contributed by atoms with Crippen LogP contribution in [0.2, 0.25) is 0 Å². The normalized spacial score (nSPS) is 14.8. The summed E-state index contributed by atoms with van der Waals surface area (Å²) in [7, 11) is 0. The van der Waals surface area contributed by atoms with Crippen LogP contribution >= 0.6 is 11.3 Å². The maximum Gasteiger partial charge on any atom is 0.253 e. The molecule has 1 aromatic heterocycles. The van der Waals surface area contributed by atoms with E-state index in [1.807, 2.05) is 46.7 Å². The smallest absolute Gasteiger partial charge is 0.253 e. The first-order valence-corrected chi connectivity index (χ1v) is 11.2. The molecule has 156 valence electrons. The molecule has 31 heavy (non-hydrogen) atoms. The van der Waals surface area contributed by atoms with E-state index in [0.29, 0.717) is 13.1 Å². The van der Waals surface area contributed by atoms with Crippen molar-refractivity contribution in [1.29, 1.82) is 0 Å². The molecule has 1 amide bonds. The van der Waals surface area contributed by atoms with Gasteiger partial charge in [0.05, 0.1) is 12.2 Å². The Bertz CT molecular complexity index is 1210. The predicted molar refractivity (Wildman–Crippen MR) is 123 cm³/mol. The van der Waals surface area contributed by atoms with Crippen LogP contribution in [-0.2, 0) is 6.54 Å². The molecule has 2 heterocycles. The molecule has 0 spiro atoms. The van der Waals surface area contributed by atoms with E-state index in [1.165, 1.54) is 12.1 Å². The highest BCUT2D eigenvalue weighted by Gasteiger charge is 2.23. The van der Waals surface area contributed by atoms with Crippen molar-refractivity contribution < 1.29 is 9.18 Å². The van der Waals surface area contributed by atoms with Crippen molar-refractivity contribution in [1.82, 2.24) is 14.8 Å². The number of aromatic nitrogens is 1. The highest BCUT2D eigenvalue weighted by molar-refractivity contribution is 7.09. The van der Waals surface area contributed by atoms with Gasteiger partial charge >= 0.3 is 0 Å². The number of benzene rings is 3. The summed E-state index contributed by atoms with van der Waals surface area (Å²) in [6, 6.07) is 20.4. The Labute approximate surface area is 184 Å². The van der Waals surface area contributed by atoms with Gasteiger partial charge in [-0.2, -0.15) is 0 Å². The number of thiazole rings is 1. The lowest BCUT2D eigenvalue weighted by Gasteiger charge is -2.34. The van der Waals surface area contributed by atoms with Gasteiger partial charge < -0.3 is 4.90 Å². The molecule has 1 fully saturated rings. The second-order valence-corrected chi connectivity index (χ2v) is 8.71. The third-order valence-electron chi connectivity index (χ3n) is 5.71. The van der Waals surface area contributed by atoms with E-state index in [9.17, 15) is 9.18 Å². The summed E-state index contributed by atoms with van der Waals surface area (Å²) >= 11 is 1.62. The minimum Gasteiger partial charge on any atom is -0.336 e. The lowest BCUT2D eigenvalue weighted by Crippen LogP contribution is -2.48. The number of amides is 1. The Balaban J connectivity index is 1.19. The fourth-order valence-electron chi connectivity index (χ4n) is 3.94. The van der Waals surface area contributed by atoms with E-state index >= 15 is 0 Å². The molecule has 4 nitrogen and oxygen atoms in total. The zero-order valence-corrected chi connectivity index (χ0v) is 17.8. The van der Waals surface area contributed by atoms with Crippen LogP contribution in [0.5, 0.6) is 0 Å². The Morgan fingerprint density at radius 1 is 0.935 bits per heavy atom. The molecule has 5 rings (SSSR count). The number of carbonyl (C=O) groups excluding carboxylic acids is 1. The van der Waals surface area contributed by atoms with Crippen LogP contribution in [0.1, 0.15) is 15.4 Å². The molecule has 0 bridgehead atoms. The van der Waals surface area contributed by atoms with E-state index in [4.69, 9.17) is 4.98 Å². The maximum atomic E-state index is 13.1. The van der Waals surface area contributed by atoms with Crippen LogP contribution < -0.4 is 0 Å². The molecule has 0 saturated carbocycles. The number of fused-ring (bicyclic) bond motifs is 1. The molecule has 0 radical (unpaired) electrons. The lowest BCUT2D eigenvalue weighted by atomic mass is 10.1. The number of hydrogen-bond donors (Lipinski definition) is 0. The first-order valence-electron chi connectivity index (χ1n) is 10.4. The van der Waals surface area contributed by atoms with E-state index in [1.54, 1.807) is 23.5 Å². The molecule has 0 unspecified atom stereocenters. The van der Waals surface area contributed by atoms with Crippen LogP contribution in [0.25, 0.3) is 22.0 Å². The largest absolute Gasteiger partial charge is 0.336 e. The highest BCUT2D eigenvalue weighted by Crippen LogP contribution is 2.24. The van der Waals surface area contributed by atoms with Crippen molar-refractivity contribution in [2.24, 2.45) is 0 Å². The fourth-order valence-corrected chi connectivity index (χ4v) is 4.79. The van der Waals surface area contributed by atoms with E-state index in [-0.39, 0.29) is 11.7 Å². The summed E-state index contributed by atoms with van der Waals surface area (Å²) in [4.78, 5) is 21.9. The van der Waals surface area contributed by atoms with Crippen LogP contribution in [0, 0.1) is 5.82 Å². The average molecular weight is 432 g/mol. The van der Waals surface area contributed by atoms with Crippen LogP contribution in [0.4, 0.5) is 4.39 Å². The Morgan fingerprint density at radius 3 is 2.45 bits per heavy atom. The van der Waals surface area contributed by atoms with Crippen LogP contribution in [-0.4, -0.2) is 46.9 Å². The predicted octanol–water partition coefficient (Wildman–Crippen LogP) is 5.06. The van der Waals surface area contributed by atoms with Crippen molar-refractivity contribution in [3.05, 3.63) is 88.5 Å². The summed E-state index contributed by atoms with van der Waals surface area (Å²) in [5, 5.41) is 5.29. The van der Waals surface area contributed by atoms with Crippen molar-refractivity contribution in [3.8, 4) is 11.3 Å². The molecule has 3 aromatic carbocycles. The molecule has 0 atom stereocenters. The van der Waals surface area contributed by atoms with Crippen molar-refractivity contribution in [3.63, 3.8) is 0 Å². The molecule has 6 heteroatoms. The van der Waals surface area contributed by atoms with Gasteiger partial charge in [-0.3, -0.25) is 9.69 Å². The average Bonchev–Trinajstić information content (AvgIpc) is 3.27. The first-order chi connectivity index (χ1) is 15.2. The molecule has 4 aromatic rings. The summed E-state index contributed by atoms with van der Waals surface area (Å²) in [5.74, 6) is -0.145. The van der Waals surface area contributed by atoms with Gasteiger partial charge in [0.15, 0.2) is 0 Å². The van der Waals surface area contributed by atoms with Crippen LogP contribution in [0.15, 0.2) is 72.1 Å². The summed E-state index contributed by atoms with van der Waals surface area (Å²) in [6.07, 6.45) is 0. The van der Waals surface area contributed by atoms with Gasteiger partial charge in [-0.25, -0.2) is 9.37 Å². The number of carbonyl (C=O) groups is 1. The lowest BCUT2D eigenvalue weighted by molar-refractivity contribution is 0.0628. The molecule has 1 aliphatic heterocycles. The van der Waals surface area contributed by atoms with Gasteiger partial charge in [0, 0.05) is 42.7 Å². The Morgan fingerprint density at radius 2 is 1.68 bits per heavy atom. The second-order valence-electron chi connectivity index (χ2n) is 7.76. The maximum absolute atomic E-state index is 13.1. The number of nitrogens with zero attached hydrogens (tertiary/aromatic N) is 3. The highest BCUT2D eigenvalue weighted by atomic mass is 32.1. The van der Waals surface area contributed by atoms with Gasteiger partial charge in [0.25, 0.3) is 5.91 Å². The number of rotatable bonds is 4. The van der Waals surface area contributed by atoms with Crippen molar-refractivity contribution in [2.45, 2.75) is 6.54 Å². The van der Waals surface area contributed by atoms with Gasteiger partial charge in [-0.05, 0) is 47.2 Å². The van der Waals surface area contributed by atoms with Crippen molar-refractivity contribution >= 4 is 28.0 Å². The zero-order chi connectivity index (χ0) is 21.2. The number of piperazine rings is 1. The van der Waals surface area contributed by atoms with Gasteiger partial charge in [0.2, 0.25) is 0 Å². The molecule has 1 aliphatic rings. The quantitative estimate of drug-likeness (QED) is 0.453. The number of hydrogen-bond acceptors (Lipinski definition) is 4. The molecular formula is C25H22FN3OS. The first kappa shape index (κ1) is 19.8. The van der Waals surface area contributed by atoms with Gasteiger partial charge in [-0.15, -0.1) is 11.3 Å². The third kappa shape index (κ3) is 4.36. The fraction of sp³-hybridized carbons (Fsp3) is 0.200. The molecule has 0 N–H and O–H groups in total. The summed E-state index contributed by atoms with van der Waals surface area (Å²) in [6.45, 7) is 3.84. The third-order valence-corrected chi connectivity index (χ3v) is 6.54. The molecule has 1 saturated heterocycles. The van der Waals surface area contributed by atoms with Gasteiger partial charge in [0.1, 0.15) is 10.8 Å². The van der Waals surface area contributed by atoms with E-state index < -0.39 is 0 Å². The number of halogens is 1.